The van der Waals surface area contributed by atoms with Gasteiger partial charge in [0.15, 0.2) is 0 Å². The molecule has 0 aliphatic rings. The molecule has 0 aromatic carbocycles. The van der Waals surface area contributed by atoms with Crippen LogP contribution in [0, 0.1) is 0 Å². The molecule has 2 unspecified atom stereocenters. The fourth-order valence-electron chi connectivity index (χ4n) is 0.518. The van der Waals surface area contributed by atoms with Crippen LogP contribution in [0.2, 0.25) is 0 Å². The van der Waals surface area contributed by atoms with Crippen LogP contribution < -0.4 is 0 Å². The van der Waals surface area contributed by atoms with Gasteiger partial charge >= 0.3 is 5.97 Å². The maximum atomic E-state index is 10.2. The van der Waals surface area contributed by atoms with Crippen molar-refractivity contribution < 1.29 is 14.6 Å². The van der Waals surface area contributed by atoms with Crippen LogP contribution in [-0.2, 0) is 9.53 Å². The van der Waals surface area contributed by atoms with Gasteiger partial charge in [0.1, 0.15) is 0 Å². The van der Waals surface area contributed by atoms with Crippen molar-refractivity contribution in [3.8, 4) is 0 Å². The molecule has 0 saturated heterocycles. The molecule has 0 aliphatic heterocycles. The van der Waals surface area contributed by atoms with Gasteiger partial charge in [-0.15, -0.1) is 11.6 Å². The van der Waals surface area contributed by atoms with E-state index < -0.39 is 12.3 Å². The zero-order chi connectivity index (χ0) is 8.15. The Balaban J connectivity index is 3.43. The van der Waals surface area contributed by atoms with Crippen molar-refractivity contribution in [2.75, 3.05) is 0 Å². The van der Waals surface area contributed by atoms with Gasteiger partial charge in [-0.1, -0.05) is 0 Å². The molecule has 0 rings (SSSR count). The van der Waals surface area contributed by atoms with Crippen LogP contribution in [0.3, 0.4) is 0 Å². The number of ether oxygens (including phenoxy) is 1. The van der Waals surface area contributed by atoms with E-state index in [9.17, 15) is 4.79 Å². The number of aliphatic hydroxyl groups excluding tert-OH is 1. The van der Waals surface area contributed by atoms with Gasteiger partial charge in [-0.05, 0) is 6.92 Å². The summed E-state index contributed by atoms with van der Waals surface area (Å²) in [6.07, 6.45) is -0.800. The summed E-state index contributed by atoms with van der Waals surface area (Å²) >= 11 is 5.50. The number of carbonyl (C=O) groups excluding carboxylic acids is 1. The third-order valence-corrected chi connectivity index (χ3v) is 1.01. The van der Waals surface area contributed by atoms with Crippen molar-refractivity contribution in [1.82, 2.24) is 0 Å². The van der Waals surface area contributed by atoms with Crippen molar-refractivity contribution in [2.24, 2.45) is 0 Å². The minimum atomic E-state index is -1.06. The molecule has 1 N–H and O–H groups in total. The number of rotatable bonds is 3. The van der Waals surface area contributed by atoms with Gasteiger partial charge in [0.25, 0.3) is 0 Å². The molecular weight excluding hydrogens is 156 g/mol. The lowest BCUT2D eigenvalue weighted by molar-refractivity contribution is -0.165. The lowest BCUT2D eigenvalue weighted by atomic mass is 10.3. The summed E-state index contributed by atoms with van der Waals surface area (Å²) < 4.78 is 4.39. The summed E-state index contributed by atoms with van der Waals surface area (Å²) in [6, 6.07) is 0. The number of hydrogen-bond donors (Lipinski definition) is 1. The van der Waals surface area contributed by atoms with Crippen molar-refractivity contribution in [1.29, 1.82) is 0 Å². The van der Waals surface area contributed by atoms with Gasteiger partial charge in [0, 0.05) is 18.7 Å². The summed E-state index contributed by atoms with van der Waals surface area (Å²) in [6.45, 7) is 2.95. The number of carbonyl (C=O) groups is 1. The predicted molar refractivity (Wildman–Crippen MR) is 37.7 cm³/mol. The Bertz CT molecular complexity index is 114. The Morgan fingerprint density at radius 1 is 1.80 bits per heavy atom. The first-order valence-corrected chi connectivity index (χ1v) is 3.45. The van der Waals surface area contributed by atoms with E-state index in [-0.39, 0.29) is 11.8 Å². The second kappa shape index (κ2) is 4.52. The molecule has 0 fully saturated rings. The molecule has 60 valence electrons. The molecule has 0 radical (unpaired) electrons. The Morgan fingerprint density at radius 3 is 2.60 bits per heavy atom. The highest BCUT2D eigenvalue weighted by Gasteiger charge is 2.09. The van der Waals surface area contributed by atoms with Crippen LogP contribution in [-0.4, -0.2) is 22.7 Å². The van der Waals surface area contributed by atoms with E-state index in [1.54, 1.807) is 6.92 Å². The van der Waals surface area contributed by atoms with Gasteiger partial charge < -0.3 is 9.84 Å². The maximum absolute atomic E-state index is 10.2. The molecule has 0 amide bonds. The first-order valence-electron chi connectivity index (χ1n) is 3.01. The van der Waals surface area contributed by atoms with Crippen LogP contribution in [0.15, 0.2) is 0 Å². The highest BCUT2D eigenvalue weighted by atomic mass is 35.5. The number of esters is 1. The first-order chi connectivity index (χ1) is 4.52. The molecular formula is C6H11ClO3. The van der Waals surface area contributed by atoms with Crippen LogP contribution in [0.25, 0.3) is 0 Å². The van der Waals surface area contributed by atoms with Gasteiger partial charge in [0.05, 0.1) is 0 Å². The molecule has 4 heteroatoms. The lowest BCUT2D eigenvalue weighted by Crippen LogP contribution is -2.18. The van der Waals surface area contributed by atoms with Crippen molar-refractivity contribution in [3.05, 3.63) is 0 Å². The molecule has 3 nitrogen and oxygen atoms in total. The fourth-order valence-corrected chi connectivity index (χ4v) is 0.670. The molecule has 0 heterocycles. The predicted octanol–water partition coefficient (Wildman–Crippen LogP) is 0.885. The zero-order valence-corrected chi connectivity index (χ0v) is 6.76. The number of halogens is 1. The topological polar surface area (TPSA) is 46.5 Å². The van der Waals surface area contributed by atoms with Crippen LogP contribution >= 0.6 is 11.6 Å². The second-order valence-electron chi connectivity index (χ2n) is 2.08. The fraction of sp³-hybridized carbons (Fsp3) is 0.833. The van der Waals surface area contributed by atoms with E-state index >= 15 is 0 Å². The quantitative estimate of drug-likeness (QED) is 0.385. The average Bonchev–Trinajstić information content (AvgIpc) is 1.58. The zero-order valence-electron chi connectivity index (χ0n) is 6.00. The van der Waals surface area contributed by atoms with Crippen molar-refractivity contribution in [3.63, 3.8) is 0 Å². The number of alkyl halides is 1. The normalized spacial score (nSPS) is 16.0. The highest BCUT2D eigenvalue weighted by Crippen LogP contribution is 2.05. The smallest absolute Gasteiger partial charge is 0.304 e. The SMILES string of the molecule is CC(=O)OC(O)CC(C)Cl. The minimum absolute atomic E-state index is 0.186. The Hall–Kier alpha value is -0.280. The van der Waals surface area contributed by atoms with E-state index in [1.165, 1.54) is 6.92 Å². The molecule has 0 saturated carbocycles. The molecule has 0 bridgehead atoms. The summed E-state index contributed by atoms with van der Waals surface area (Å²) in [5, 5.41) is 8.68. The summed E-state index contributed by atoms with van der Waals surface area (Å²) in [5.41, 5.74) is 0. The van der Waals surface area contributed by atoms with Gasteiger partial charge in [-0.25, -0.2) is 0 Å². The molecule has 2 atom stereocenters. The summed E-state index contributed by atoms with van der Waals surface area (Å²) in [4.78, 5) is 10.2. The van der Waals surface area contributed by atoms with E-state index in [4.69, 9.17) is 16.7 Å². The molecule has 0 aromatic heterocycles. The second-order valence-corrected chi connectivity index (χ2v) is 2.83. The van der Waals surface area contributed by atoms with Crippen LogP contribution in [0.4, 0.5) is 0 Å². The third-order valence-electron chi connectivity index (χ3n) is 0.828. The molecule has 0 aromatic rings. The minimum Gasteiger partial charge on any atom is -0.436 e. The highest BCUT2D eigenvalue weighted by molar-refractivity contribution is 6.20. The summed E-state index contributed by atoms with van der Waals surface area (Å²) in [7, 11) is 0. The number of aliphatic hydroxyl groups is 1. The summed E-state index contributed by atoms with van der Waals surface area (Å²) in [5.74, 6) is -0.496. The standard InChI is InChI=1S/C6H11ClO3/c1-4(7)3-6(9)10-5(2)8/h4,6,9H,3H2,1-2H3. The van der Waals surface area contributed by atoms with Gasteiger partial charge in [-0.3, -0.25) is 4.79 Å². The van der Waals surface area contributed by atoms with Crippen LogP contribution in [0.1, 0.15) is 20.3 Å². The van der Waals surface area contributed by atoms with E-state index in [0.717, 1.165) is 0 Å². The van der Waals surface area contributed by atoms with E-state index in [2.05, 4.69) is 4.74 Å². The van der Waals surface area contributed by atoms with Gasteiger partial charge in [-0.2, -0.15) is 0 Å². The Kier molecular flexibility index (Phi) is 4.40. The molecule has 0 spiro atoms. The Labute approximate surface area is 64.9 Å². The number of hydrogen-bond acceptors (Lipinski definition) is 3. The lowest BCUT2D eigenvalue weighted by Gasteiger charge is -2.10. The maximum Gasteiger partial charge on any atom is 0.304 e. The largest absolute Gasteiger partial charge is 0.436 e. The monoisotopic (exact) mass is 166 g/mol. The van der Waals surface area contributed by atoms with E-state index in [1.807, 2.05) is 0 Å². The van der Waals surface area contributed by atoms with Crippen molar-refractivity contribution in [2.45, 2.75) is 31.9 Å². The first kappa shape index (κ1) is 9.72. The Morgan fingerprint density at radius 2 is 2.30 bits per heavy atom. The molecule has 10 heavy (non-hydrogen) atoms. The third kappa shape index (κ3) is 5.85. The van der Waals surface area contributed by atoms with Crippen LogP contribution in [0.5, 0.6) is 0 Å². The molecule has 0 aliphatic carbocycles. The average molecular weight is 167 g/mol. The van der Waals surface area contributed by atoms with E-state index in [0.29, 0.717) is 0 Å². The van der Waals surface area contributed by atoms with Crippen molar-refractivity contribution >= 4 is 17.6 Å². The van der Waals surface area contributed by atoms with Gasteiger partial charge in [0.2, 0.25) is 6.29 Å².